The van der Waals surface area contributed by atoms with Gasteiger partial charge < -0.3 is 14.6 Å². The number of nitriles is 1. The normalized spacial score (nSPS) is 15.7. The second kappa shape index (κ2) is 10.6. The van der Waals surface area contributed by atoms with Gasteiger partial charge in [-0.05, 0) is 38.6 Å². The van der Waals surface area contributed by atoms with Gasteiger partial charge in [-0.3, -0.25) is 19.7 Å². The van der Waals surface area contributed by atoms with Gasteiger partial charge in [0.05, 0.1) is 58.3 Å². The van der Waals surface area contributed by atoms with Crippen molar-refractivity contribution in [2.24, 2.45) is 7.05 Å². The van der Waals surface area contributed by atoms with Crippen molar-refractivity contribution in [2.75, 3.05) is 32.9 Å². The Morgan fingerprint density at radius 3 is 2.92 bits per heavy atom. The molecule has 5 heterocycles. The molecule has 0 saturated carbocycles. The molecule has 4 aromatic heterocycles. The van der Waals surface area contributed by atoms with Crippen LogP contribution >= 0.6 is 0 Å². The number of aliphatic hydroxyl groups excluding tert-OH is 1. The summed E-state index contributed by atoms with van der Waals surface area (Å²) in [6, 6.07) is 3.72. The smallest absolute Gasteiger partial charge is 0.241 e. The first-order chi connectivity index (χ1) is 18.4. The van der Waals surface area contributed by atoms with Crippen LogP contribution in [0.1, 0.15) is 42.5 Å². The summed E-state index contributed by atoms with van der Waals surface area (Å²) >= 11 is 0. The van der Waals surface area contributed by atoms with E-state index in [1.54, 1.807) is 15.6 Å². The lowest BCUT2D eigenvalue weighted by molar-refractivity contribution is 0.189. The lowest BCUT2D eigenvalue weighted by Crippen LogP contribution is -2.30. The third-order valence-electron chi connectivity index (χ3n) is 6.75. The van der Waals surface area contributed by atoms with Crippen LogP contribution in [0.3, 0.4) is 0 Å². The lowest BCUT2D eigenvalue weighted by Gasteiger charge is -2.23. The zero-order valence-corrected chi connectivity index (χ0v) is 22.0. The molecular weight excluding hydrogens is 486 g/mol. The molecule has 0 fully saturated rings. The fourth-order valence-corrected chi connectivity index (χ4v) is 4.73. The highest BCUT2D eigenvalue weighted by molar-refractivity contribution is 5.92. The zero-order chi connectivity index (χ0) is 26.8. The quantitative estimate of drug-likeness (QED) is 0.408. The number of pyridine rings is 1. The van der Waals surface area contributed by atoms with E-state index in [0.29, 0.717) is 31.5 Å². The Labute approximate surface area is 220 Å². The summed E-state index contributed by atoms with van der Waals surface area (Å²) in [7, 11) is 1.87. The number of hydrogen-bond donors (Lipinski definition) is 2. The molecular formula is C26H31N9O3. The molecule has 0 aromatic carbocycles. The Hall–Kier alpha value is -4.21. The van der Waals surface area contributed by atoms with Crippen molar-refractivity contribution in [3.8, 4) is 29.1 Å². The predicted octanol–water partition coefficient (Wildman–Crippen LogP) is 2.70. The van der Waals surface area contributed by atoms with Crippen molar-refractivity contribution >= 4 is 23.1 Å². The van der Waals surface area contributed by atoms with Crippen LogP contribution in [0.4, 0.5) is 0 Å². The number of ether oxygens (including phenoxy) is 2. The van der Waals surface area contributed by atoms with Crippen LogP contribution in [0, 0.1) is 18.3 Å². The van der Waals surface area contributed by atoms with Crippen LogP contribution in [-0.2, 0) is 13.6 Å². The summed E-state index contributed by atoms with van der Waals surface area (Å²) in [4.78, 5) is 6.90. The van der Waals surface area contributed by atoms with Gasteiger partial charge in [0.2, 0.25) is 11.8 Å². The maximum Gasteiger partial charge on any atom is 0.241 e. The molecule has 0 spiro atoms. The second-order valence-electron chi connectivity index (χ2n) is 9.25. The zero-order valence-electron chi connectivity index (χ0n) is 22.0. The van der Waals surface area contributed by atoms with Crippen molar-refractivity contribution in [3.05, 3.63) is 34.9 Å². The first kappa shape index (κ1) is 25.4. The molecule has 0 saturated heterocycles. The molecule has 0 radical (unpaired) electrons. The first-order valence-electron chi connectivity index (χ1n) is 12.6. The molecule has 2 N–H and O–H groups in total. The third kappa shape index (κ3) is 4.62. The molecule has 198 valence electrons. The van der Waals surface area contributed by atoms with Crippen LogP contribution < -0.4 is 9.47 Å². The Morgan fingerprint density at radius 1 is 1.32 bits per heavy atom. The van der Waals surface area contributed by atoms with Crippen molar-refractivity contribution in [1.29, 1.82) is 5.26 Å². The van der Waals surface area contributed by atoms with Gasteiger partial charge >= 0.3 is 0 Å². The maximum atomic E-state index is 9.94. The highest BCUT2D eigenvalue weighted by Crippen LogP contribution is 2.34. The molecule has 4 aromatic rings. The molecule has 1 aliphatic rings. The average molecular weight is 518 g/mol. The molecule has 0 amide bonds. The summed E-state index contributed by atoms with van der Waals surface area (Å²) in [5, 5.41) is 36.8. The summed E-state index contributed by atoms with van der Waals surface area (Å²) < 4.78 is 15.5. The van der Waals surface area contributed by atoms with Gasteiger partial charge in [-0.1, -0.05) is 6.92 Å². The summed E-state index contributed by atoms with van der Waals surface area (Å²) in [5.41, 5.74) is 5.55. The van der Waals surface area contributed by atoms with E-state index in [9.17, 15) is 5.11 Å². The molecule has 5 rings (SSSR count). The van der Waals surface area contributed by atoms with Crippen LogP contribution in [0.25, 0.3) is 34.3 Å². The Morgan fingerprint density at radius 2 is 2.16 bits per heavy atom. The van der Waals surface area contributed by atoms with E-state index in [4.69, 9.17) is 14.7 Å². The number of aryl methyl sites for hydroxylation is 2. The van der Waals surface area contributed by atoms with Crippen LogP contribution in [0.15, 0.2) is 12.3 Å². The van der Waals surface area contributed by atoms with Gasteiger partial charge in [0.1, 0.15) is 12.7 Å². The Kier molecular flexibility index (Phi) is 7.13. The summed E-state index contributed by atoms with van der Waals surface area (Å²) in [6.45, 7) is 8.08. The van der Waals surface area contributed by atoms with Crippen molar-refractivity contribution < 1.29 is 14.6 Å². The second-order valence-corrected chi connectivity index (χ2v) is 9.25. The Bertz CT molecular complexity index is 1520. The van der Waals surface area contributed by atoms with Gasteiger partial charge in [0.15, 0.2) is 6.61 Å². The fraction of sp³-hybridized carbons (Fsp3) is 0.423. The number of aromatic nitrogens is 7. The molecule has 12 heteroatoms. The van der Waals surface area contributed by atoms with E-state index in [1.165, 1.54) is 0 Å². The van der Waals surface area contributed by atoms with E-state index in [1.807, 2.05) is 45.2 Å². The van der Waals surface area contributed by atoms with Gasteiger partial charge in [0, 0.05) is 25.5 Å². The van der Waals surface area contributed by atoms with Gasteiger partial charge in [0.25, 0.3) is 0 Å². The number of rotatable bonds is 5. The van der Waals surface area contributed by atoms with Crippen LogP contribution in [0.2, 0.25) is 0 Å². The predicted molar refractivity (Wildman–Crippen MR) is 141 cm³/mol. The standard InChI is InChI=1S/C26H31N9O3/c1-5-34-9-11-38-26-24(17(3)31-33(26)4)21-12-19-20(29-30-22(19)13-28-21)7-6-18-23(14-34)35(16(2)15-36)32-25(18)37-10-8-27/h6-7,12-13,16,36H,5,9-11,14-15H2,1-4H3,(H,29,30)/b7-6+/t16-/m0/s1. The van der Waals surface area contributed by atoms with Crippen molar-refractivity contribution in [1.82, 2.24) is 39.6 Å². The number of aromatic amines is 1. The number of H-pyrrole nitrogens is 1. The van der Waals surface area contributed by atoms with E-state index in [2.05, 4.69) is 37.2 Å². The third-order valence-corrected chi connectivity index (χ3v) is 6.75. The molecule has 38 heavy (non-hydrogen) atoms. The highest BCUT2D eigenvalue weighted by atomic mass is 16.5. The Balaban J connectivity index is 1.70. The number of aliphatic hydroxyl groups is 1. The van der Waals surface area contributed by atoms with Gasteiger partial charge in [-0.25, -0.2) is 4.68 Å². The minimum Gasteiger partial charge on any atom is -0.476 e. The van der Waals surface area contributed by atoms with Crippen molar-refractivity contribution in [2.45, 2.75) is 33.4 Å². The number of nitrogens with zero attached hydrogens (tertiary/aromatic N) is 8. The van der Waals surface area contributed by atoms with E-state index >= 15 is 0 Å². The number of fused-ring (bicyclic) bond motifs is 4. The van der Waals surface area contributed by atoms with E-state index in [0.717, 1.165) is 51.4 Å². The van der Waals surface area contributed by atoms with Crippen LogP contribution in [0.5, 0.6) is 11.8 Å². The molecule has 0 unspecified atom stereocenters. The largest absolute Gasteiger partial charge is 0.476 e. The SMILES string of the molecule is CCN1CCOc2c(c(C)nn2C)-c2cc3c(n[nH]c3cn2)/C=C/c2c(OCC#N)nn([C@@H](C)CO)c2C1. The molecule has 1 aliphatic heterocycles. The minimum atomic E-state index is -0.284. The highest BCUT2D eigenvalue weighted by Gasteiger charge is 2.24. The van der Waals surface area contributed by atoms with Gasteiger partial charge in [-0.2, -0.15) is 15.5 Å². The topological polar surface area (TPSA) is 143 Å². The molecule has 2 bridgehead atoms. The number of hydrogen-bond acceptors (Lipinski definition) is 9. The van der Waals surface area contributed by atoms with E-state index < -0.39 is 0 Å². The summed E-state index contributed by atoms with van der Waals surface area (Å²) in [6.07, 6.45) is 5.58. The monoisotopic (exact) mass is 517 g/mol. The maximum absolute atomic E-state index is 9.94. The number of likely N-dealkylation sites (N-methyl/N-ethyl adjacent to an activating group) is 1. The van der Waals surface area contributed by atoms with E-state index in [-0.39, 0.29) is 19.3 Å². The first-order valence-corrected chi connectivity index (χ1v) is 12.6. The fourth-order valence-electron chi connectivity index (χ4n) is 4.73. The lowest BCUT2D eigenvalue weighted by atomic mass is 10.1. The van der Waals surface area contributed by atoms with Crippen molar-refractivity contribution in [3.63, 3.8) is 0 Å². The summed E-state index contributed by atoms with van der Waals surface area (Å²) in [5.74, 6) is 0.999. The molecule has 12 nitrogen and oxygen atoms in total. The molecule has 1 atom stereocenters. The van der Waals surface area contributed by atoms with Gasteiger partial charge in [-0.15, -0.1) is 5.10 Å². The average Bonchev–Trinajstić information content (AvgIpc) is 3.56. The van der Waals surface area contributed by atoms with Crippen LogP contribution in [-0.4, -0.2) is 77.7 Å². The number of nitrogens with one attached hydrogen (secondary N) is 1. The molecule has 0 aliphatic carbocycles. The minimum absolute atomic E-state index is 0.0901.